The molecule has 0 aromatic carbocycles. The van der Waals surface area contributed by atoms with Gasteiger partial charge in [-0.25, -0.2) is 0 Å². The first kappa shape index (κ1) is 13.5. The first-order valence-corrected chi connectivity index (χ1v) is 5.75. The molecule has 94 valence electrons. The summed E-state index contributed by atoms with van der Waals surface area (Å²) in [7, 11) is 0. The van der Waals surface area contributed by atoms with Crippen LogP contribution in [0.15, 0.2) is 23.2 Å². The van der Waals surface area contributed by atoms with Gasteiger partial charge in [0.2, 0.25) is 0 Å². The molecule has 1 aliphatic carbocycles. The molecule has 17 heavy (non-hydrogen) atoms. The molecular formula is C13H18O4. The molecular weight excluding hydrogens is 220 g/mol. The molecule has 0 heterocycles. The van der Waals surface area contributed by atoms with Crippen LogP contribution in [0.5, 0.6) is 0 Å². The molecule has 4 nitrogen and oxygen atoms in total. The summed E-state index contributed by atoms with van der Waals surface area (Å²) in [5.41, 5.74) is -0.670. The first-order chi connectivity index (χ1) is 7.94. The summed E-state index contributed by atoms with van der Waals surface area (Å²) in [5.74, 6) is -1.44. The summed E-state index contributed by atoms with van der Waals surface area (Å²) in [4.78, 5) is 23.3. The van der Waals surface area contributed by atoms with E-state index in [4.69, 9.17) is 0 Å². The van der Waals surface area contributed by atoms with Crippen molar-refractivity contribution in [2.75, 3.05) is 0 Å². The van der Waals surface area contributed by atoms with E-state index in [1.54, 1.807) is 0 Å². The van der Waals surface area contributed by atoms with E-state index >= 15 is 0 Å². The number of rotatable bonds is 3. The van der Waals surface area contributed by atoms with Gasteiger partial charge in [0.15, 0.2) is 5.78 Å². The van der Waals surface area contributed by atoms with Crippen molar-refractivity contribution in [3.8, 4) is 0 Å². The SMILES string of the molecule is CCC1(CC)C(=O)C=C(O)C(=C(C)O)C1C=O. The third-order valence-electron chi connectivity index (χ3n) is 3.73. The molecule has 0 amide bonds. The minimum Gasteiger partial charge on any atom is -0.512 e. The van der Waals surface area contributed by atoms with E-state index < -0.39 is 11.3 Å². The number of aliphatic hydroxyl groups is 2. The van der Waals surface area contributed by atoms with Crippen molar-refractivity contribution >= 4 is 12.1 Å². The van der Waals surface area contributed by atoms with Crippen molar-refractivity contribution in [3.63, 3.8) is 0 Å². The standard InChI is InChI=1S/C13H18O4/c1-4-13(5-2)9(7-14)12(8(3)15)10(16)6-11(13)17/h6-7,9,15-16H,4-5H2,1-3H3. The quantitative estimate of drug-likeness (QED) is 0.585. The average Bonchev–Trinajstić information content (AvgIpc) is 2.28. The van der Waals surface area contributed by atoms with E-state index in [1.807, 2.05) is 13.8 Å². The fourth-order valence-electron chi connectivity index (χ4n) is 2.58. The van der Waals surface area contributed by atoms with Crippen LogP contribution in [-0.4, -0.2) is 22.3 Å². The predicted octanol–water partition coefficient (Wildman–Crippen LogP) is 2.46. The lowest BCUT2D eigenvalue weighted by Gasteiger charge is -2.38. The largest absolute Gasteiger partial charge is 0.512 e. The van der Waals surface area contributed by atoms with E-state index in [9.17, 15) is 19.8 Å². The maximum absolute atomic E-state index is 12.0. The van der Waals surface area contributed by atoms with Gasteiger partial charge in [0.1, 0.15) is 12.0 Å². The molecule has 0 saturated heterocycles. The Kier molecular flexibility index (Phi) is 3.76. The Hall–Kier alpha value is -1.58. The van der Waals surface area contributed by atoms with Gasteiger partial charge in [-0.1, -0.05) is 13.8 Å². The maximum atomic E-state index is 12.0. The highest BCUT2D eigenvalue weighted by Crippen LogP contribution is 2.45. The summed E-state index contributed by atoms with van der Waals surface area (Å²) in [6.45, 7) is 5.07. The number of ketones is 1. The number of aliphatic hydroxyl groups excluding tert-OH is 2. The Morgan fingerprint density at radius 3 is 2.35 bits per heavy atom. The number of carbonyl (C=O) groups excluding carboxylic acids is 2. The first-order valence-electron chi connectivity index (χ1n) is 5.75. The van der Waals surface area contributed by atoms with Crippen molar-refractivity contribution in [1.82, 2.24) is 0 Å². The molecule has 2 N–H and O–H groups in total. The number of hydrogen-bond acceptors (Lipinski definition) is 4. The van der Waals surface area contributed by atoms with E-state index in [2.05, 4.69) is 0 Å². The van der Waals surface area contributed by atoms with Gasteiger partial charge in [0.05, 0.1) is 11.7 Å². The summed E-state index contributed by atoms with van der Waals surface area (Å²) < 4.78 is 0. The van der Waals surface area contributed by atoms with Crippen molar-refractivity contribution in [2.24, 2.45) is 11.3 Å². The van der Waals surface area contributed by atoms with Crippen LogP contribution in [-0.2, 0) is 9.59 Å². The van der Waals surface area contributed by atoms with Gasteiger partial charge in [-0.2, -0.15) is 0 Å². The lowest BCUT2D eigenvalue weighted by molar-refractivity contribution is -0.132. The van der Waals surface area contributed by atoms with Crippen LogP contribution < -0.4 is 0 Å². The third-order valence-corrected chi connectivity index (χ3v) is 3.73. The maximum Gasteiger partial charge on any atom is 0.166 e. The van der Waals surface area contributed by atoms with E-state index in [1.165, 1.54) is 6.92 Å². The minimum absolute atomic E-state index is 0.116. The molecule has 0 aromatic rings. The molecule has 1 rings (SSSR count). The smallest absolute Gasteiger partial charge is 0.166 e. The van der Waals surface area contributed by atoms with Gasteiger partial charge in [-0.15, -0.1) is 0 Å². The molecule has 0 saturated carbocycles. The fourth-order valence-corrected chi connectivity index (χ4v) is 2.58. The second-order valence-corrected chi connectivity index (χ2v) is 4.37. The molecule has 0 fully saturated rings. The lowest BCUT2D eigenvalue weighted by Crippen LogP contribution is -2.42. The molecule has 0 aliphatic heterocycles. The topological polar surface area (TPSA) is 74.6 Å². The average molecular weight is 238 g/mol. The molecule has 1 unspecified atom stereocenters. The van der Waals surface area contributed by atoms with Crippen LogP contribution in [0, 0.1) is 11.3 Å². The fraction of sp³-hybridized carbons (Fsp3) is 0.538. The normalized spacial score (nSPS) is 26.4. The van der Waals surface area contributed by atoms with Gasteiger partial charge >= 0.3 is 0 Å². The Morgan fingerprint density at radius 1 is 1.47 bits per heavy atom. The van der Waals surface area contributed by atoms with Gasteiger partial charge in [0, 0.05) is 17.1 Å². The van der Waals surface area contributed by atoms with Gasteiger partial charge in [-0.3, -0.25) is 4.79 Å². The molecule has 1 aliphatic rings. The van der Waals surface area contributed by atoms with Crippen LogP contribution in [0.2, 0.25) is 0 Å². The van der Waals surface area contributed by atoms with Crippen LogP contribution in [0.1, 0.15) is 33.6 Å². The van der Waals surface area contributed by atoms with Gasteiger partial charge in [-0.05, 0) is 19.8 Å². The number of aldehydes is 1. The Labute approximate surface area is 101 Å². The van der Waals surface area contributed by atoms with Crippen molar-refractivity contribution < 1.29 is 19.8 Å². The molecule has 0 spiro atoms. The highest BCUT2D eigenvalue weighted by molar-refractivity contribution is 6.00. The number of allylic oxidation sites excluding steroid dienone is 3. The predicted molar refractivity (Wildman–Crippen MR) is 63.6 cm³/mol. The Morgan fingerprint density at radius 2 is 2.00 bits per heavy atom. The van der Waals surface area contributed by atoms with Crippen LogP contribution in [0.4, 0.5) is 0 Å². The van der Waals surface area contributed by atoms with Gasteiger partial charge < -0.3 is 15.0 Å². The second kappa shape index (κ2) is 4.73. The summed E-state index contributed by atoms with van der Waals surface area (Å²) >= 11 is 0. The Bertz CT molecular complexity index is 396. The monoisotopic (exact) mass is 238 g/mol. The van der Waals surface area contributed by atoms with Gasteiger partial charge in [0.25, 0.3) is 0 Å². The van der Waals surface area contributed by atoms with Crippen molar-refractivity contribution in [1.29, 1.82) is 0 Å². The molecule has 0 bridgehead atoms. The second-order valence-electron chi connectivity index (χ2n) is 4.37. The van der Waals surface area contributed by atoms with Crippen LogP contribution >= 0.6 is 0 Å². The van der Waals surface area contributed by atoms with E-state index in [0.717, 1.165) is 6.08 Å². The summed E-state index contributed by atoms with van der Waals surface area (Å²) in [6, 6.07) is 0. The zero-order chi connectivity index (χ0) is 13.2. The minimum atomic E-state index is -0.840. The molecule has 4 heteroatoms. The Balaban J connectivity index is 3.51. The number of carbonyl (C=O) groups is 2. The molecule has 1 atom stereocenters. The third kappa shape index (κ3) is 1.88. The van der Waals surface area contributed by atoms with Crippen molar-refractivity contribution in [2.45, 2.75) is 33.6 Å². The highest BCUT2D eigenvalue weighted by Gasteiger charge is 2.48. The van der Waals surface area contributed by atoms with Crippen LogP contribution in [0.25, 0.3) is 0 Å². The van der Waals surface area contributed by atoms with E-state index in [0.29, 0.717) is 19.1 Å². The van der Waals surface area contributed by atoms with Crippen LogP contribution in [0.3, 0.4) is 0 Å². The zero-order valence-corrected chi connectivity index (χ0v) is 10.4. The summed E-state index contributed by atoms with van der Waals surface area (Å²) in [5, 5.41) is 19.3. The molecule has 0 aromatic heterocycles. The lowest BCUT2D eigenvalue weighted by atomic mass is 9.62. The highest BCUT2D eigenvalue weighted by atomic mass is 16.3. The number of hydrogen-bond donors (Lipinski definition) is 2. The summed E-state index contributed by atoms with van der Waals surface area (Å²) in [6.07, 6.45) is 2.74. The van der Waals surface area contributed by atoms with Crippen molar-refractivity contribution in [3.05, 3.63) is 23.2 Å². The zero-order valence-electron chi connectivity index (χ0n) is 10.4. The van der Waals surface area contributed by atoms with E-state index in [-0.39, 0.29) is 22.9 Å². The molecule has 0 radical (unpaired) electrons.